The van der Waals surface area contributed by atoms with Crippen molar-refractivity contribution in [2.24, 2.45) is 17.8 Å². The van der Waals surface area contributed by atoms with Gasteiger partial charge in [0.15, 0.2) is 0 Å². The molecule has 0 bridgehead atoms. The van der Waals surface area contributed by atoms with Crippen molar-refractivity contribution in [2.75, 3.05) is 38.3 Å². The van der Waals surface area contributed by atoms with Crippen LogP contribution in [0.15, 0.2) is 30.3 Å². The number of fused-ring (bicyclic) bond motifs is 1. The highest BCUT2D eigenvalue weighted by Crippen LogP contribution is 2.51. The topological polar surface area (TPSA) is 65.3 Å². The van der Waals surface area contributed by atoms with Crippen molar-refractivity contribution in [3.8, 4) is 0 Å². The number of hydrogen-bond acceptors (Lipinski definition) is 6. The number of benzene rings is 1. The van der Waals surface area contributed by atoms with E-state index in [9.17, 15) is 0 Å². The molecule has 2 saturated heterocycles. The first kappa shape index (κ1) is 19.0. The molecular weight excluding hydrogens is 366 g/mol. The Hall–Kier alpha value is -1.99. The first-order valence-corrected chi connectivity index (χ1v) is 11.0. The van der Waals surface area contributed by atoms with Gasteiger partial charge < -0.3 is 14.4 Å². The molecule has 5 atom stereocenters. The van der Waals surface area contributed by atoms with Gasteiger partial charge in [0.2, 0.25) is 5.95 Å². The fraction of sp³-hybridized carbons (Fsp3) is 0.682. The molecule has 0 amide bonds. The maximum Gasteiger partial charge on any atom is 0.245 e. The van der Waals surface area contributed by atoms with Gasteiger partial charge in [-0.3, -0.25) is 0 Å². The van der Waals surface area contributed by atoms with E-state index in [0.29, 0.717) is 24.3 Å². The Morgan fingerprint density at radius 3 is 2.93 bits per heavy atom. The summed E-state index contributed by atoms with van der Waals surface area (Å²) in [6.07, 6.45) is 4.87. The molecule has 2 unspecified atom stereocenters. The van der Waals surface area contributed by atoms with Crippen molar-refractivity contribution in [1.82, 2.24) is 20.2 Å². The Kier molecular flexibility index (Phi) is 5.50. The lowest BCUT2D eigenvalue weighted by Gasteiger charge is -2.51. The van der Waals surface area contributed by atoms with Crippen LogP contribution in [0.5, 0.6) is 0 Å². The SMILES string of the molecule is COC(Cn1nnnc1N1CC[C@@H]2C[C@@H](c3ccccc3)[C@@H]2C1)C1CCCOC1. The van der Waals surface area contributed by atoms with Crippen molar-refractivity contribution in [3.63, 3.8) is 0 Å². The molecule has 0 spiro atoms. The van der Waals surface area contributed by atoms with Crippen LogP contribution in [0.4, 0.5) is 5.95 Å². The second-order valence-corrected chi connectivity index (χ2v) is 8.82. The van der Waals surface area contributed by atoms with Crippen LogP contribution >= 0.6 is 0 Å². The fourth-order valence-electron chi connectivity index (χ4n) is 5.54. The van der Waals surface area contributed by atoms with E-state index in [-0.39, 0.29) is 6.10 Å². The molecule has 29 heavy (non-hydrogen) atoms. The van der Waals surface area contributed by atoms with Crippen LogP contribution in [0.3, 0.4) is 0 Å². The predicted octanol–water partition coefficient (Wildman–Crippen LogP) is 2.74. The summed E-state index contributed by atoms with van der Waals surface area (Å²) < 4.78 is 13.4. The van der Waals surface area contributed by atoms with Gasteiger partial charge in [-0.05, 0) is 59.4 Å². The molecule has 0 N–H and O–H groups in total. The molecule has 3 aliphatic rings. The van der Waals surface area contributed by atoms with Crippen LogP contribution in [0.1, 0.15) is 37.2 Å². The van der Waals surface area contributed by atoms with Gasteiger partial charge in [-0.2, -0.15) is 0 Å². The molecule has 156 valence electrons. The molecule has 2 aliphatic heterocycles. The smallest absolute Gasteiger partial charge is 0.245 e. The van der Waals surface area contributed by atoms with Gasteiger partial charge in [0.05, 0.1) is 19.3 Å². The van der Waals surface area contributed by atoms with Gasteiger partial charge in [-0.15, -0.1) is 0 Å². The molecule has 1 aromatic carbocycles. The van der Waals surface area contributed by atoms with Crippen LogP contribution in [-0.4, -0.2) is 59.7 Å². The zero-order valence-electron chi connectivity index (χ0n) is 17.2. The summed E-state index contributed by atoms with van der Waals surface area (Å²) in [7, 11) is 1.79. The summed E-state index contributed by atoms with van der Waals surface area (Å²) in [6, 6.07) is 11.0. The number of rotatable bonds is 6. The maximum atomic E-state index is 5.81. The Labute approximate surface area is 172 Å². The van der Waals surface area contributed by atoms with Crippen LogP contribution < -0.4 is 4.90 Å². The highest BCUT2D eigenvalue weighted by Gasteiger charge is 2.45. The minimum atomic E-state index is 0.0795. The van der Waals surface area contributed by atoms with Gasteiger partial charge >= 0.3 is 0 Å². The van der Waals surface area contributed by atoms with Crippen LogP contribution in [0.2, 0.25) is 0 Å². The van der Waals surface area contributed by atoms with Gasteiger partial charge in [0.1, 0.15) is 0 Å². The first-order chi connectivity index (χ1) is 14.3. The summed E-state index contributed by atoms with van der Waals surface area (Å²) in [6.45, 7) is 4.38. The van der Waals surface area contributed by atoms with Crippen molar-refractivity contribution < 1.29 is 9.47 Å². The minimum Gasteiger partial charge on any atom is -0.381 e. The first-order valence-electron chi connectivity index (χ1n) is 11.0. The Morgan fingerprint density at radius 1 is 1.24 bits per heavy atom. The van der Waals surface area contributed by atoms with Crippen LogP contribution in [0.25, 0.3) is 0 Å². The third-order valence-corrected chi connectivity index (χ3v) is 7.28. The number of piperidine rings is 1. The lowest BCUT2D eigenvalue weighted by Crippen LogP contribution is -2.50. The lowest BCUT2D eigenvalue weighted by atomic mass is 9.59. The number of tetrazole rings is 1. The number of methoxy groups -OCH3 is 1. The van der Waals surface area contributed by atoms with E-state index >= 15 is 0 Å². The zero-order valence-corrected chi connectivity index (χ0v) is 17.2. The quantitative estimate of drug-likeness (QED) is 0.747. The fourth-order valence-corrected chi connectivity index (χ4v) is 5.54. The van der Waals surface area contributed by atoms with E-state index in [4.69, 9.17) is 9.47 Å². The molecule has 0 radical (unpaired) electrons. The minimum absolute atomic E-state index is 0.0795. The van der Waals surface area contributed by atoms with Crippen molar-refractivity contribution in [2.45, 2.75) is 44.2 Å². The summed E-state index contributed by atoms with van der Waals surface area (Å²) in [5.74, 6) is 3.50. The van der Waals surface area contributed by atoms with Crippen molar-refractivity contribution >= 4 is 5.95 Å². The highest BCUT2D eigenvalue weighted by atomic mass is 16.5. The molecule has 3 fully saturated rings. The molecule has 5 rings (SSSR count). The van der Waals surface area contributed by atoms with E-state index in [1.54, 1.807) is 7.11 Å². The van der Waals surface area contributed by atoms with Gasteiger partial charge in [-0.25, -0.2) is 4.68 Å². The second-order valence-electron chi connectivity index (χ2n) is 8.82. The van der Waals surface area contributed by atoms with Crippen LogP contribution in [-0.2, 0) is 16.0 Å². The number of nitrogens with zero attached hydrogens (tertiary/aromatic N) is 5. The Bertz CT molecular complexity index is 792. The average molecular weight is 398 g/mol. The number of aromatic nitrogens is 4. The molecule has 3 heterocycles. The molecule has 1 aromatic heterocycles. The summed E-state index contributed by atoms with van der Waals surface area (Å²) in [5.41, 5.74) is 1.48. The van der Waals surface area contributed by atoms with E-state index in [0.717, 1.165) is 51.0 Å². The molecular formula is C22H31N5O2. The Balaban J connectivity index is 1.28. The van der Waals surface area contributed by atoms with Gasteiger partial charge in [0, 0.05) is 32.7 Å². The molecule has 1 saturated carbocycles. The summed E-state index contributed by atoms with van der Waals surface area (Å²) in [5, 5.41) is 12.7. The third-order valence-electron chi connectivity index (χ3n) is 7.28. The predicted molar refractivity (Wildman–Crippen MR) is 110 cm³/mol. The standard InChI is InChI=1S/C22H31N5O2/c1-28-21(18-8-5-11-29-15-18)14-27-22(23-24-25-27)26-10-9-17-12-19(20(17)13-26)16-6-3-2-4-7-16/h2-4,6-7,17-21H,5,8-15H2,1H3/t17-,18?,19+,20-,21?/m1/s1. The van der Waals surface area contributed by atoms with Gasteiger partial charge in [0.25, 0.3) is 0 Å². The van der Waals surface area contributed by atoms with Crippen LogP contribution in [0, 0.1) is 17.8 Å². The molecule has 2 aromatic rings. The average Bonchev–Trinajstić information content (AvgIpc) is 3.22. The van der Waals surface area contributed by atoms with E-state index in [1.165, 1.54) is 18.4 Å². The maximum absolute atomic E-state index is 5.81. The third kappa shape index (κ3) is 3.78. The number of anilines is 1. The largest absolute Gasteiger partial charge is 0.381 e. The lowest BCUT2D eigenvalue weighted by molar-refractivity contribution is -0.0364. The van der Waals surface area contributed by atoms with Gasteiger partial charge in [-0.1, -0.05) is 35.4 Å². The zero-order chi connectivity index (χ0) is 19.6. The summed E-state index contributed by atoms with van der Waals surface area (Å²) in [4.78, 5) is 2.39. The highest BCUT2D eigenvalue weighted by molar-refractivity contribution is 5.33. The summed E-state index contributed by atoms with van der Waals surface area (Å²) >= 11 is 0. The number of hydrogen-bond donors (Lipinski definition) is 0. The van der Waals surface area contributed by atoms with E-state index in [1.807, 2.05) is 4.68 Å². The van der Waals surface area contributed by atoms with Crippen molar-refractivity contribution in [1.29, 1.82) is 0 Å². The Morgan fingerprint density at radius 2 is 2.14 bits per heavy atom. The second kappa shape index (κ2) is 8.40. The molecule has 1 aliphatic carbocycles. The molecule has 7 nitrogen and oxygen atoms in total. The van der Waals surface area contributed by atoms with E-state index < -0.39 is 0 Å². The van der Waals surface area contributed by atoms with E-state index in [2.05, 4.69) is 50.8 Å². The van der Waals surface area contributed by atoms with Crippen molar-refractivity contribution in [3.05, 3.63) is 35.9 Å². The monoisotopic (exact) mass is 397 g/mol. The molecule has 7 heteroatoms. The number of ether oxygens (including phenoxy) is 2. The normalized spacial score (nSPS) is 30.4.